The number of aromatic nitrogens is 1. The van der Waals surface area contributed by atoms with Crippen molar-refractivity contribution in [2.24, 2.45) is 0 Å². The first-order valence-electron chi connectivity index (χ1n) is 10.8. The van der Waals surface area contributed by atoms with Crippen molar-refractivity contribution in [1.29, 1.82) is 0 Å². The van der Waals surface area contributed by atoms with Gasteiger partial charge in [-0.3, -0.25) is 9.78 Å². The summed E-state index contributed by atoms with van der Waals surface area (Å²) in [5.74, 6) is 2.13. The summed E-state index contributed by atoms with van der Waals surface area (Å²) in [7, 11) is 1.61. The molecule has 0 saturated heterocycles. The Bertz CT molecular complexity index is 990. The van der Waals surface area contributed by atoms with E-state index in [1.165, 1.54) is 0 Å². The Hall–Kier alpha value is -3.54. The maximum absolute atomic E-state index is 12.5. The molecule has 168 valence electrons. The summed E-state index contributed by atoms with van der Waals surface area (Å²) >= 11 is 0. The molecule has 0 spiro atoms. The second-order valence-corrected chi connectivity index (χ2v) is 7.42. The molecule has 0 aliphatic carbocycles. The summed E-state index contributed by atoms with van der Waals surface area (Å²) in [6, 6.07) is 17.3. The number of amides is 1. The summed E-state index contributed by atoms with van der Waals surface area (Å²) in [4.78, 5) is 16.5. The van der Waals surface area contributed by atoms with Crippen LogP contribution in [0, 0.1) is 0 Å². The minimum absolute atomic E-state index is 0.00312. The maximum atomic E-state index is 12.5. The van der Waals surface area contributed by atoms with E-state index in [2.05, 4.69) is 10.3 Å². The Morgan fingerprint density at radius 1 is 0.969 bits per heavy atom. The van der Waals surface area contributed by atoms with E-state index in [4.69, 9.17) is 14.2 Å². The smallest absolute Gasteiger partial charge is 0.220 e. The van der Waals surface area contributed by atoms with Gasteiger partial charge in [-0.1, -0.05) is 18.2 Å². The molecule has 3 rings (SSSR count). The van der Waals surface area contributed by atoms with E-state index in [0.717, 1.165) is 22.4 Å². The number of rotatable bonds is 11. The molecule has 0 radical (unpaired) electrons. The lowest BCUT2D eigenvalue weighted by Crippen LogP contribution is -2.26. The number of carbonyl (C=O) groups is 1. The highest BCUT2D eigenvalue weighted by Crippen LogP contribution is 2.31. The summed E-state index contributed by atoms with van der Waals surface area (Å²) < 4.78 is 16.8. The number of hydrogen-bond acceptors (Lipinski definition) is 5. The quantitative estimate of drug-likeness (QED) is 0.466. The van der Waals surface area contributed by atoms with Crippen molar-refractivity contribution >= 4 is 5.91 Å². The molecule has 6 nitrogen and oxygen atoms in total. The zero-order valence-corrected chi connectivity index (χ0v) is 18.8. The zero-order valence-electron chi connectivity index (χ0n) is 18.8. The van der Waals surface area contributed by atoms with Crippen LogP contribution in [0.2, 0.25) is 0 Å². The number of carbonyl (C=O) groups excluding carboxylic acids is 1. The van der Waals surface area contributed by atoms with Crippen LogP contribution in [0.15, 0.2) is 67.0 Å². The third-order valence-electron chi connectivity index (χ3n) is 5.08. The van der Waals surface area contributed by atoms with Crippen LogP contribution in [-0.4, -0.2) is 24.6 Å². The van der Waals surface area contributed by atoms with Gasteiger partial charge in [-0.05, 0) is 73.4 Å². The molecule has 1 amide bonds. The van der Waals surface area contributed by atoms with Gasteiger partial charge in [0.05, 0.1) is 19.8 Å². The topological polar surface area (TPSA) is 69.7 Å². The zero-order chi connectivity index (χ0) is 22.8. The van der Waals surface area contributed by atoms with E-state index < -0.39 is 0 Å². The summed E-state index contributed by atoms with van der Waals surface area (Å²) in [6.45, 7) is 4.98. The fourth-order valence-electron chi connectivity index (χ4n) is 3.29. The van der Waals surface area contributed by atoms with Crippen molar-refractivity contribution < 1.29 is 19.0 Å². The molecule has 1 aromatic heterocycles. The fourth-order valence-corrected chi connectivity index (χ4v) is 3.29. The lowest BCUT2D eigenvalue weighted by molar-refractivity contribution is -0.121. The van der Waals surface area contributed by atoms with Crippen molar-refractivity contribution in [3.63, 3.8) is 0 Å². The number of aryl methyl sites for hydroxylation is 1. The van der Waals surface area contributed by atoms with Gasteiger partial charge in [0, 0.05) is 18.8 Å². The van der Waals surface area contributed by atoms with Gasteiger partial charge in [0.15, 0.2) is 11.5 Å². The summed E-state index contributed by atoms with van der Waals surface area (Å²) in [6.07, 6.45) is 4.57. The lowest BCUT2D eigenvalue weighted by Gasteiger charge is -2.17. The van der Waals surface area contributed by atoms with E-state index in [-0.39, 0.29) is 11.9 Å². The highest BCUT2D eigenvalue weighted by molar-refractivity contribution is 5.76. The van der Waals surface area contributed by atoms with Crippen molar-refractivity contribution in [2.75, 3.05) is 13.7 Å². The number of nitrogens with one attached hydrogen (secondary N) is 1. The van der Waals surface area contributed by atoms with E-state index in [1.54, 1.807) is 19.5 Å². The van der Waals surface area contributed by atoms with E-state index in [9.17, 15) is 4.79 Å². The van der Waals surface area contributed by atoms with Crippen molar-refractivity contribution in [3.8, 4) is 17.2 Å². The van der Waals surface area contributed by atoms with Crippen LogP contribution in [0.25, 0.3) is 0 Å². The Kier molecular flexibility index (Phi) is 8.49. The maximum Gasteiger partial charge on any atom is 0.220 e. The largest absolute Gasteiger partial charge is 0.494 e. The third-order valence-corrected chi connectivity index (χ3v) is 5.08. The fraction of sp³-hybridized carbons (Fsp3) is 0.308. The first-order chi connectivity index (χ1) is 15.6. The van der Waals surface area contributed by atoms with Gasteiger partial charge < -0.3 is 19.5 Å². The Morgan fingerprint density at radius 2 is 1.72 bits per heavy atom. The van der Waals surface area contributed by atoms with E-state index in [0.29, 0.717) is 37.6 Å². The Balaban J connectivity index is 1.53. The second-order valence-electron chi connectivity index (χ2n) is 7.42. The van der Waals surface area contributed by atoms with Gasteiger partial charge >= 0.3 is 0 Å². The van der Waals surface area contributed by atoms with Crippen LogP contribution < -0.4 is 19.5 Å². The first-order valence-corrected chi connectivity index (χ1v) is 10.8. The molecule has 6 heteroatoms. The number of pyridine rings is 1. The number of hydrogen-bond donors (Lipinski definition) is 1. The molecule has 0 aliphatic rings. The average molecular weight is 435 g/mol. The van der Waals surface area contributed by atoms with Gasteiger partial charge in [-0.2, -0.15) is 0 Å². The monoisotopic (exact) mass is 434 g/mol. The number of methoxy groups -OCH3 is 1. The summed E-state index contributed by atoms with van der Waals surface area (Å²) in [5, 5.41) is 3.06. The molecule has 0 aliphatic heterocycles. The molecule has 0 bridgehead atoms. The normalized spacial score (nSPS) is 11.5. The third kappa shape index (κ3) is 6.74. The number of ether oxygens (including phenoxy) is 3. The highest BCUT2D eigenvalue weighted by atomic mass is 16.5. The van der Waals surface area contributed by atoms with Crippen molar-refractivity contribution in [2.45, 2.75) is 39.3 Å². The van der Waals surface area contributed by atoms with Gasteiger partial charge in [0.1, 0.15) is 12.4 Å². The second kappa shape index (κ2) is 11.7. The average Bonchev–Trinajstić information content (AvgIpc) is 2.83. The van der Waals surface area contributed by atoms with Crippen LogP contribution in [-0.2, 0) is 17.8 Å². The van der Waals surface area contributed by atoms with Gasteiger partial charge in [0.25, 0.3) is 0 Å². The van der Waals surface area contributed by atoms with Crippen molar-refractivity contribution in [3.05, 3.63) is 83.7 Å². The van der Waals surface area contributed by atoms with Crippen LogP contribution in [0.4, 0.5) is 0 Å². The Labute approximate surface area is 189 Å². The SMILES string of the molecule is CCOc1ccc(CCC(=O)NC(C)c2ccc(OCc3ccncc3)c(OC)c2)cc1. The van der Waals surface area contributed by atoms with Gasteiger partial charge in [0.2, 0.25) is 5.91 Å². The van der Waals surface area contributed by atoms with E-state index in [1.807, 2.05) is 68.4 Å². The predicted octanol–water partition coefficient (Wildman–Crippen LogP) is 4.88. The Morgan fingerprint density at radius 3 is 2.41 bits per heavy atom. The molecule has 1 unspecified atom stereocenters. The molecule has 1 atom stereocenters. The van der Waals surface area contributed by atoms with Crippen molar-refractivity contribution in [1.82, 2.24) is 10.3 Å². The molecule has 1 N–H and O–H groups in total. The van der Waals surface area contributed by atoms with Crippen LogP contribution >= 0.6 is 0 Å². The van der Waals surface area contributed by atoms with E-state index >= 15 is 0 Å². The molecule has 1 heterocycles. The molecule has 3 aromatic rings. The van der Waals surface area contributed by atoms with Crippen LogP contribution in [0.5, 0.6) is 17.2 Å². The lowest BCUT2D eigenvalue weighted by atomic mass is 10.1. The highest BCUT2D eigenvalue weighted by Gasteiger charge is 2.13. The van der Waals surface area contributed by atoms with Crippen LogP contribution in [0.1, 0.15) is 43.0 Å². The standard InChI is InChI=1S/C26H30N2O4/c1-4-31-23-9-5-20(6-10-23)7-12-26(29)28-19(2)22-8-11-24(25(17-22)30-3)32-18-21-13-15-27-16-14-21/h5-6,8-11,13-17,19H,4,7,12,18H2,1-3H3,(H,28,29). The minimum Gasteiger partial charge on any atom is -0.494 e. The molecule has 32 heavy (non-hydrogen) atoms. The molecular formula is C26H30N2O4. The van der Waals surface area contributed by atoms with Gasteiger partial charge in [-0.25, -0.2) is 0 Å². The summed E-state index contributed by atoms with van der Waals surface area (Å²) in [5.41, 5.74) is 3.08. The molecule has 2 aromatic carbocycles. The first kappa shape index (κ1) is 23.1. The van der Waals surface area contributed by atoms with Crippen LogP contribution in [0.3, 0.4) is 0 Å². The van der Waals surface area contributed by atoms with Gasteiger partial charge in [-0.15, -0.1) is 0 Å². The predicted molar refractivity (Wildman–Crippen MR) is 124 cm³/mol. The molecule has 0 fully saturated rings. The number of nitrogens with zero attached hydrogens (tertiary/aromatic N) is 1. The number of benzene rings is 2. The minimum atomic E-state index is -0.147. The molecular weight excluding hydrogens is 404 g/mol. The molecule has 0 saturated carbocycles.